The van der Waals surface area contributed by atoms with Gasteiger partial charge in [-0.2, -0.15) is 4.31 Å². The van der Waals surface area contributed by atoms with Gasteiger partial charge >= 0.3 is 0 Å². The van der Waals surface area contributed by atoms with E-state index in [1.54, 1.807) is 37.4 Å². The average Bonchev–Trinajstić information content (AvgIpc) is 2.79. The normalized spacial score (nSPS) is 18.2. The van der Waals surface area contributed by atoms with E-state index in [2.05, 4.69) is 5.32 Å². The number of hydrogen-bond donors (Lipinski definition) is 1. The third kappa shape index (κ3) is 5.61. The second-order valence-corrected chi connectivity index (χ2v) is 10.3. The fourth-order valence-electron chi connectivity index (χ4n) is 3.84. The minimum atomic E-state index is -3.61. The van der Waals surface area contributed by atoms with E-state index in [4.69, 9.17) is 9.47 Å². The van der Waals surface area contributed by atoms with E-state index in [-0.39, 0.29) is 29.5 Å². The number of piperidine rings is 1. The summed E-state index contributed by atoms with van der Waals surface area (Å²) in [4.78, 5) is 13.2. The number of nitrogens with zero attached hydrogens (tertiary/aromatic N) is 1. The maximum absolute atomic E-state index is 13.0. The van der Waals surface area contributed by atoms with E-state index < -0.39 is 15.9 Å². The monoisotopic (exact) mass is 460 g/mol. The molecule has 1 N–H and O–H groups in total. The van der Waals surface area contributed by atoms with E-state index in [9.17, 15) is 13.2 Å². The third-order valence-corrected chi connectivity index (χ3v) is 7.42. The zero-order valence-electron chi connectivity index (χ0n) is 19.1. The Balaban J connectivity index is 1.67. The van der Waals surface area contributed by atoms with Gasteiger partial charge < -0.3 is 14.8 Å². The molecule has 1 heterocycles. The number of amides is 1. The molecule has 2 aromatic carbocycles. The Morgan fingerprint density at radius 1 is 1.09 bits per heavy atom. The van der Waals surface area contributed by atoms with Crippen LogP contribution in [0.25, 0.3) is 0 Å². The van der Waals surface area contributed by atoms with Gasteiger partial charge in [-0.15, -0.1) is 0 Å². The molecule has 1 aliphatic rings. The molecule has 0 bridgehead atoms. The predicted octanol–water partition coefficient (Wildman–Crippen LogP) is 3.76. The predicted molar refractivity (Wildman–Crippen MR) is 123 cm³/mol. The average molecular weight is 461 g/mol. The zero-order valence-corrected chi connectivity index (χ0v) is 19.9. The molecule has 0 spiro atoms. The van der Waals surface area contributed by atoms with Crippen LogP contribution in [-0.2, 0) is 14.8 Å². The van der Waals surface area contributed by atoms with Crippen LogP contribution in [0.2, 0.25) is 0 Å². The van der Waals surface area contributed by atoms with Crippen molar-refractivity contribution in [2.75, 3.05) is 20.2 Å². The summed E-state index contributed by atoms with van der Waals surface area (Å²) < 4.78 is 38.5. The fourth-order valence-corrected chi connectivity index (χ4v) is 5.38. The summed E-state index contributed by atoms with van der Waals surface area (Å²) in [6, 6.07) is 13.7. The van der Waals surface area contributed by atoms with Gasteiger partial charge in [-0.1, -0.05) is 24.3 Å². The quantitative estimate of drug-likeness (QED) is 0.648. The first-order chi connectivity index (χ1) is 15.2. The molecule has 7 nitrogen and oxygen atoms in total. The van der Waals surface area contributed by atoms with Gasteiger partial charge in [0.05, 0.1) is 30.1 Å². The maximum Gasteiger partial charge on any atom is 0.243 e. The van der Waals surface area contributed by atoms with Crippen molar-refractivity contribution >= 4 is 15.9 Å². The standard InChI is InChI=1S/C24H32N2O5S/c1-17(2)31-22-13-12-19(15-23(22)30-4)18(3)25-24(27)20-9-8-14-26(16-20)32(28,29)21-10-6-5-7-11-21/h5-7,10-13,15,17-18,20H,8-9,14,16H2,1-4H3,(H,25,27). The van der Waals surface area contributed by atoms with Gasteiger partial charge in [0.25, 0.3) is 0 Å². The highest BCUT2D eigenvalue weighted by Gasteiger charge is 2.33. The molecule has 174 valence electrons. The largest absolute Gasteiger partial charge is 0.493 e. The molecule has 0 aromatic heterocycles. The van der Waals surface area contributed by atoms with Crippen LogP contribution in [0.4, 0.5) is 0 Å². The number of nitrogens with one attached hydrogen (secondary N) is 1. The Labute approximate surface area is 190 Å². The lowest BCUT2D eigenvalue weighted by Crippen LogP contribution is -2.45. The van der Waals surface area contributed by atoms with Gasteiger partial charge in [0.15, 0.2) is 11.5 Å². The second kappa shape index (κ2) is 10.4. The number of rotatable bonds is 8. The van der Waals surface area contributed by atoms with Crippen LogP contribution in [0.5, 0.6) is 11.5 Å². The molecule has 1 amide bonds. The highest BCUT2D eigenvalue weighted by Crippen LogP contribution is 2.31. The summed E-state index contributed by atoms with van der Waals surface area (Å²) in [5.74, 6) is 0.718. The van der Waals surface area contributed by atoms with Crippen LogP contribution >= 0.6 is 0 Å². The Bertz CT molecular complexity index is 1020. The number of ether oxygens (including phenoxy) is 2. The molecule has 1 saturated heterocycles. The second-order valence-electron chi connectivity index (χ2n) is 8.32. The summed E-state index contributed by atoms with van der Waals surface area (Å²) in [7, 11) is -2.03. The van der Waals surface area contributed by atoms with Crippen LogP contribution < -0.4 is 14.8 Å². The summed E-state index contributed by atoms with van der Waals surface area (Å²) in [5, 5.41) is 3.03. The SMILES string of the molecule is COc1cc(C(C)NC(=O)C2CCCN(S(=O)(=O)c3ccccc3)C2)ccc1OC(C)C. The first kappa shape index (κ1) is 24.1. The maximum atomic E-state index is 13.0. The van der Waals surface area contributed by atoms with Crippen LogP contribution in [0.1, 0.15) is 45.2 Å². The minimum absolute atomic E-state index is 0.0216. The number of benzene rings is 2. The topological polar surface area (TPSA) is 84.9 Å². The highest BCUT2D eigenvalue weighted by molar-refractivity contribution is 7.89. The third-order valence-electron chi connectivity index (χ3n) is 5.55. The molecule has 8 heteroatoms. The van der Waals surface area contributed by atoms with Gasteiger partial charge in [-0.05, 0) is 63.4 Å². The summed E-state index contributed by atoms with van der Waals surface area (Å²) in [6.07, 6.45) is 1.32. The molecule has 1 aliphatic heterocycles. The van der Waals surface area contributed by atoms with E-state index in [1.165, 1.54) is 4.31 Å². The Hall–Kier alpha value is -2.58. The molecular formula is C24H32N2O5S. The van der Waals surface area contributed by atoms with E-state index in [0.29, 0.717) is 30.9 Å². The van der Waals surface area contributed by atoms with Gasteiger partial charge in [0, 0.05) is 13.1 Å². The van der Waals surface area contributed by atoms with E-state index >= 15 is 0 Å². The van der Waals surface area contributed by atoms with Gasteiger partial charge in [0.1, 0.15) is 0 Å². The number of hydrogen-bond acceptors (Lipinski definition) is 5. The van der Waals surface area contributed by atoms with Crippen molar-refractivity contribution in [3.8, 4) is 11.5 Å². The molecule has 2 unspecified atom stereocenters. The van der Waals surface area contributed by atoms with Crippen LogP contribution in [0.3, 0.4) is 0 Å². The number of sulfonamides is 1. The van der Waals surface area contributed by atoms with Gasteiger partial charge in [0.2, 0.25) is 15.9 Å². The molecule has 2 atom stereocenters. The molecule has 3 rings (SSSR count). The number of carbonyl (C=O) groups is 1. The van der Waals surface area contributed by atoms with Gasteiger partial charge in [-0.25, -0.2) is 8.42 Å². The summed E-state index contributed by atoms with van der Waals surface area (Å²) in [5.41, 5.74) is 0.885. The van der Waals surface area contributed by atoms with E-state index in [0.717, 1.165) is 5.56 Å². The van der Waals surface area contributed by atoms with Crippen molar-refractivity contribution < 1.29 is 22.7 Å². The first-order valence-electron chi connectivity index (χ1n) is 10.9. The van der Waals surface area contributed by atoms with Crippen LogP contribution in [-0.4, -0.2) is 44.9 Å². The van der Waals surface area contributed by atoms with Crippen molar-refractivity contribution in [3.05, 3.63) is 54.1 Å². The number of methoxy groups -OCH3 is 1. The van der Waals surface area contributed by atoms with Crippen LogP contribution in [0.15, 0.2) is 53.4 Å². The van der Waals surface area contributed by atoms with Gasteiger partial charge in [-0.3, -0.25) is 4.79 Å². The molecule has 32 heavy (non-hydrogen) atoms. The molecular weight excluding hydrogens is 428 g/mol. The van der Waals surface area contributed by atoms with Crippen molar-refractivity contribution in [1.82, 2.24) is 9.62 Å². The smallest absolute Gasteiger partial charge is 0.243 e. The van der Waals surface area contributed by atoms with Crippen LogP contribution in [0, 0.1) is 5.92 Å². The van der Waals surface area contributed by atoms with Crippen molar-refractivity contribution in [2.24, 2.45) is 5.92 Å². The van der Waals surface area contributed by atoms with Crippen molar-refractivity contribution in [1.29, 1.82) is 0 Å². The highest BCUT2D eigenvalue weighted by atomic mass is 32.2. The summed E-state index contributed by atoms with van der Waals surface area (Å²) >= 11 is 0. The fraction of sp³-hybridized carbons (Fsp3) is 0.458. The minimum Gasteiger partial charge on any atom is -0.493 e. The molecule has 2 aromatic rings. The Morgan fingerprint density at radius 2 is 1.81 bits per heavy atom. The van der Waals surface area contributed by atoms with Crippen molar-refractivity contribution in [3.63, 3.8) is 0 Å². The van der Waals surface area contributed by atoms with Crippen molar-refractivity contribution in [2.45, 2.75) is 50.7 Å². The molecule has 0 radical (unpaired) electrons. The van der Waals surface area contributed by atoms with E-state index in [1.807, 2.05) is 39.0 Å². The first-order valence-corrected chi connectivity index (χ1v) is 12.4. The zero-order chi connectivity index (χ0) is 23.3. The summed E-state index contributed by atoms with van der Waals surface area (Å²) in [6.45, 7) is 6.39. The lowest BCUT2D eigenvalue weighted by atomic mass is 9.98. The molecule has 1 fully saturated rings. The Morgan fingerprint density at radius 3 is 2.47 bits per heavy atom. The number of carbonyl (C=O) groups excluding carboxylic acids is 1. The Kier molecular flexibility index (Phi) is 7.79. The lowest BCUT2D eigenvalue weighted by Gasteiger charge is -2.32. The molecule has 0 saturated carbocycles. The molecule has 0 aliphatic carbocycles. The lowest BCUT2D eigenvalue weighted by molar-refractivity contribution is -0.126.